The van der Waals surface area contributed by atoms with Gasteiger partial charge >= 0.3 is 0 Å². The fourth-order valence-electron chi connectivity index (χ4n) is 2.33. The van der Waals surface area contributed by atoms with Crippen LogP contribution in [0.25, 0.3) is 0 Å². The van der Waals surface area contributed by atoms with Crippen molar-refractivity contribution in [2.45, 2.75) is 0 Å². The van der Waals surface area contributed by atoms with Gasteiger partial charge in [0.05, 0.1) is 18.5 Å². The number of thiocarbonyl (C=S) groups is 1. The Morgan fingerprint density at radius 3 is 2.31 bits per heavy atom. The standard InChI is InChI=1S/C21H19N3OS/c1-25-18-13-11-16(12-14-18)15-22-19-9-5-6-10-20(19)24-21(26)23-17-7-3-2-4-8-17/h2-15H,1H3,(H2,23,24,26). The van der Waals surface area contributed by atoms with Crippen LogP contribution in [0.2, 0.25) is 0 Å². The van der Waals surface area contributed by atoms with Crippen LogP contribution in [0.15, 0.2) is 83.9 Å². The van der Waals surface area contributed by atoms with E-state index in [0.717, 1.165) is 28.4 Å². The first kappa shape index (κ1) is 17.6. The molecule has 0 saturated heterocycles. The van der Waals surface area contributed by atoms with Gasteiger partial charge < -0.3 is 15.4 Å². The number of nitrogens with one attached hydrogen (secondary N) is 2. The van der Waals surface area contributed by atoms with Crippen molar-refractivity contribution in [3.05, 3.63) is 84.4 Å². The highest BCUT2D eigenvalue weighted by Gasteiger charge is 2.03. The number of hydrogen-bond donors (Lipinski definition) is 2. The third-order valence-corrected chi connectivity index (χ3v) is 3.86. The van der Waals surface area contributed by atoms with Crippen molar-refractivity contribution >= 4 is 40.6 Å². The number of hydrogen-bond acceptors (Lipinski definition) is 3. The second-order valence-electron chi connectivity index (χ2n) is 5.49. The molecule has 0 aromatic heterocycles. The van der Waals surface area contributed by atoms with E-state index in [-0.39, 0.29) is 0 Å². The lowest BCUT2D eigenvalue weighted by atomic mass is 10.2. The summed E-state index contributed by atoms with van der Waals surface area (Å²) in [7, 11) is 1.65. The summed E-state index contributed by atoms with van der Waals surface area (Å²) in [5.41, 5.74) is 3.57. The zero-order chi connectivity index (χ0) is 18.2. The highest BCUT2D eigenvalue weighted by atomic mass is 32.1. The number of rotatable bonds is 5. The maximum atomic E-state index is 5.39. The van der Waals surface area contributed by atoms with Crippen LogP contribution in [-0.4, -0.2) is 18.4 Å². The molecule has 26 heavy (non-hydrogen) atoms. The summed E-state index contributed by atoms with van der Waals surface area (Å²) in [5.74, 6) is 0.821. The molecule has 0 unspecified atom stereocenters. The van der Waals surface area contributed by atoms with Gasteiger partial charge in [0, 0.05) is 11.9 Å². The molecule has 0 atom stereocenters. The van der Waals surface area contributed by atoms with Crippen molar-refractivity contribution < 1.29 is 4.74 Å². The predicted octanol–water partition coefficient (Wildman–Crippen LogP) is 5.25. The Bertz CT molecular complexity index is 893. The summed E-state index contributed by atoms with van der Waals surface area (Å²) in [5, 5.41) is 6.88. The fourth-order valence-corrected chi connectivity index (χ4v) is 2.56. The molecule has 3 rings (SSSR count). The van der Waals surface area contributed by atoms with Crippen LogP contribution in [0.5, 0.6) is 5.75 Å². The van der Waals surface area contributed by atoms with E-state index in [1.165, 1.54) is 0 Å². The van der Waals surface area contributed by atoms with Crippen LogP contribution < -0.4 is 15.4 Å². The normalized spacial score (nSPS) is 10.5. The Balaban J connectivity index is 1.71. The van der Waals surface area contributed by atoms with Crippen LogP contribution in [0.3, 0.4) is 0 Å². The summed E-state index contributed by atoms with van der Waals surface area (Å²) in [6, 6.07) is 25.3. The molecule has 5 heteroatoms. The van der Waals surface area contributed by atoms with E-state index < -0.39 is 0 Å². The SMILES string of the molecule is COc1ccc(C=Nc2ccccc2NC(=S)Nc2ccccc2)cc1. The van der Waals surface area contributed by atoms with Crippen molar-refractivity contribution in [1.29, 1.82) is 0 Å². The molecule has 0 spiro atoms. The van der Waals surface area contributed by atoms with Crippen molar-refractivity contribution in [2.75, 3.05) is 17.7 Å². The molecular formula is C21H19N3OS. The van der Waals surface area contributed by atoms with Crippen LogP contribution in [-0.2, 0) is 0 Å². The summed E-state index contributed by atoms with van der Waals surface area (Å²) in [4.78, 5) is 4.58. The zero-order valence-corrected chi connectivity index (χ0v) is 15.2. The van der Waals surface area contributed by atoms with E-state index in [9.17, 15) is 0 Å². The first-order chi connectivity index (χ1) is 12.7. The van der Waals surface area contributed by atoms with Crippen molar-refractivity contribution in [3.8, 4) is 5.75 Å². The summed E-state index contributed by atoms with van der Waals surface area (Å²) in [6.45, 7) is 0. The van der Waals surface area contributed by atoms with Gasteiger partial charge in [0.1, 0.15) is 5.75 Å². The third-order valence-electron chi connectivity index (χ3n) is 3.65. The number of methoxy groups -OCH3 is 1. The molecule has 0 fully saturated rings. The number of nitrogens with zero attached hydrogens (tertiary/aromatic N) is 1. The number of anilines is 2. The molecule has 3 aromatic rings. The quantitative estimate of drug-likeness (QED) is 0.481. The minimum absolute atomic E-state index is 0.517. The summed E-state index contributed by atoms with van der Waals surface area (Å²) in [6.07, 6.45) is 1.81. The molecule has 130 valence electrons. The molecule has 0 aliphatic carbocycles. The van der Waals surface area contributed by atoms with Crippen LogP contribution in [0, 0.1) is 0 Å². The first-order valence-corrected chi connectivity index (χ1v) is 8.55. The second kappa shape index (κ2) is 8.78. The van der Waals surface area contributed by atoms with Gasteiger partial charge in [-0.2, -0.15) is 0 Å². The maximum absolute atomic E-state index is 5.39. The van der Waals surface area contributed by atoms with E-state index in [1.807, 2.05) is 85.1 Å². The number of aliphatic imine (C=N–C) groups is 1. The minimum atomic E-state index is 0.517. The Hall–Kier alpha value is -3.18. The maximum Gasteiger partial charge on any atom is 0.175 e. The van der Waals surface area contributed by atoms with Crippen LogP contribution >= 0.6 is 12.2 Å². The summed E-state index contributed by atoms with van der Waals surface area (Å²) < 4.78 is 5.17. The lowest BCUT2D eigenvalue weighted by Gasteiger charge is -2.12. The molecule has 0 radical (unpaired) electrons. The highest BCUT2D eigenvalue weighted by Crippen LogP contribution is 2.24. The van der Waals surface area contributed by atoms with E-state index in [0.29, 0.717) is 5.11 Å². The number of ether oxygens (including phenoxy) is 1. The lowest BCUT2D eigenvalue weighted by Crippen LogP contribution is -2.19. The van der Waals surface area contributed by atoms with Crippen molar-refractivity contribution in [1.82, 2.24) is 0 Å². The molecular weight excluding hydrogens is 342 g/mol. The van der Waals surface area contributed by atoms with Gasteiger partial charge in [-0.25, -0.2) is 0 Å². The minimum Gasteiger partial charge on any atom is -0.497 e. The van der Waals surface area contributed by atoms with Gasteiger partial charge in [0.15, 0.2) is 5.11 Å². The van der Waals surface area contributed by atoms with E-state index in [4.69, 9.17) is 17.0 Å². The van der Waals surface area contributed by atoms with Gasteiger partial charge in [-0.05, 0) is 66.3 Å². The molecule has 2 N–H and O–H groups in total. The molecule has 4 nitrogen and oxygen atoms in total. The van der Waals surface area contributed by atoms with Crippen LogP contribution in [0.4, 0.5) is 17.1 Å². The molecule has 0 heterocycles. The first-order valence-electron chi connectivity index (χ1n) is 8.15. The van der Waals surface area contributed by atoms with Gasteiger partial charge in [-0.15, -0.1) is 0 Å². The summed E-state index contributed by atoms with van der Waals surface area (Å²) >= 11 is 5.39. The Kier molecular flexibility index (Phi) is 5.96. The average Bonchev–Trinajstić information content (AvgIpc) is 2.68. The van der Waals surface area contributed by atoms with Gasteiger partial charge in [-0.1, -0.05) is 30.3 Å². The van der Waals surface area contributed by atoms with Crippen LogP contribution in [0.1, 0.15) is 5.56 Å². The largest absolute Gasteiger partial charge is 0.497 e. The Morgan fingerprint density at radius 2 is 1.58 bits per heavy atom. The smallest absolute Gasteiger partial charge is 0.175 e. The molecule has 0 amide bonds. The number of benzene rings is 3. The topological polar surface area (TPSA) is 45.6 Å². The van der Waals surface area contributed by atoms with E-state index in [1.54, 1.807) is 7.11 Å². The fraction of sp³-hybridized carbons (Fsp3) is 0.0476. The van der Waals surface area contributed by atoms with Gasteiger partial charge in [-0.3, -0.25) is 4.99 Å². The van der Waals surface area contributed by atoms with Crippen molar-refractivity contribution in [2.24, 2.45) is 4.99 Å². The average molecular weight is 361 g/mol. The Morgan fingerprint density at radius 1 is 0.885 bits per heavy atom. The second-order valence-corrected chi connectivity index (χ2v) is 5.90. The molecule has 0 aliphatic heterocycles. The predicted molar refractivity (Wildman–Crippen MR) is 113 cm³/mol. The third kappa shape index (κ3) is 4.91. The monoisotopic (exact) mass is 361 g/mol. The Labute approximate surface area is 158 Å². The van der Waals surface area contributed by atoms with Crippen molar-refractivity contribution in [3.63, 3.8) is 0 Å². The molecule has 0 bridgehead atoms. The van der Waals surface area contributed by atoms with E-state index >= 15 is 0 Å². The van der Waals surface area contributed by atoms with E-state index in [2.05, 4.69) is 15.6 Å². The molecule has 0 saturated carbocycles. The zero-order valence-electron chi connectivity index (χ0n) is 14.3. The molecule has 3 aromatic carbocycles. The van der Waals surface area contributed by atoms with Gasteiger partial charge in [0.25, 0.3) is 0 Å². The van der Waals surface area contributed by atoms with Gasteiger partial charge in [0.2, 0.25) is 0 Å². The molecule has 0 aliphatic rings. The highest BCUT2D eigenvalue weighted by molar-refractivity contribution is 7.80. The number of para-hydroxylation sites is 3. The lowest BCUT2D eigenvalue weighted by molar-refractivity contribution is 0.415.